The Bertz CT molecular complexity index is 875. The van der Waals surface area contributed by atoms with Crippen LogP contribution >= 0.6 is 12.2 Å². The maximum Gasteiger partial charge on any atom is 0.243 e. The highest BCUT2D eigenvalue weighted by atomic mass is 32.1. The van der Waals surface area contributed by atoms with Crippen LogP contribution in [0.25, 0.3) is 0 Å². The van der Waals surface area contributed by atoms with Gasteiger partial charge < -0.3 is 15.0 Å². The van der Waals surface area contributed by atoms with Crippen LogP contribution in [0.1, 0.15) is 18.9 Å². The summed E-state index contributed by atoms with van der Waals surface area (Å²) >= 11 is 5.18. The van der Waals surface area contributed by atoms with E-state index < -0.39 is 5.92 Å². The number of nitrogens with one attached hydrogen (secondary N) is 3. The fraction of sp³-hybridized carbons (Fsp3) is 0.286. The molecule has 0 saturated carbocycles. The lowest BCUT2D eigenvalue weighted by Crippen LogP contribution is -2.48. The van der Waals surface area contributed by atoms with Gasteiger partial charge in [0.2, 0.25) is 11.8 Å². The molecule has 0 radical (unpaired) electrons. The first kappa shape index (κ1) is 20.6. The molecule has 1 aliphatic heterocycles. The molecular weight excluding hydrogens is 388 g/mol. The Balaban J connectivity index is 1.51. The normalized spacial score (nSPS) is 15.7. The fourth-order valence-corrected chi connectivity index (χ4v) is 3.24. The van der Waals surface area contributed by atoms with Crippen molar-refractivity contribution >= 4 is 34.8 Å². The second-order valence-electron chi connectivity index (χ2n) is 6.59. The van der Waals surface area contributed by atoms with Gasteiger partial charge in [-0.1, -0.05) is 42.5 Å². The average Bonchev–Trinajstić information content (AvgIpc) is 3.13. The van der Waals surface area contributed by atoms with Gasteiger partial charge in [0.15, 0.2) is 5.11 Å². The Morgan fingerprint density at radius 1 is 1.14 bits per heavy atom. The van der Waals surface area contributed by atoms with Crippen molar-refractivity contribution < 1.29 is 14.3 Å². The predicted molar refractivity (Wildman–Crippen MR) is 115 cm³/mol. The van der Waals surface area contributed by atoms with E-state index in [1.807, 2.05) is 61.5 Å². The van der Waals surface area contributed by atoms with Crippen LogP contribution < -0.4 is 25.8 Å². The average molecular weight is 413 g/mol. The Morgan fingerprint density at radius 3 is 2.62 bits per heavy atom. The molecule has 1 aliphatic rings. The molecule has 1 saturated heterocycles. The van der Waals surface area contributed by atoms with Crippen LogP contribution in [0.3, 0.4) is 0 Å². The lowest BCUT2D eigenvalue weighted by molar-refractivity contribution is -0.126. The zero-order valence-corrected chi connectivity index (χ0v) is 17.0. The maximum atomic E-state index is 12.5. The van der Waals surface area contributed by atoms with Crippen molar-refractivity contribution in [3.8, 4) is 5.75 Å². The van der Waals surface area contributed by atoms with Crippen LogP contribution in [0.15, 0.2) is 54.6 Å². The maximum absolute atomic E-state index is 12.5. The van der Waals surface area contributed by atoms with E-state index in [-0.39, 0.29) is 18.2 Å². The van der Waals surface area contributed by atoms with Crippen LogP contribution in [0.5, 0.6) is 5.75 Å². The molecular formula is C21H24N4O3S. The van der Waals surface area contributed by atoms with Crippen molar-refractivity contribution in [2.75, 3.05) is 18.1 Å². The topological polar surface area (TPSA) is 82.7 Å². The minimum Gasteiger partial charge on any atom is -0.492 e. The van der Waals surface area contributed by atoms with E-state index >= 15 is 0 Å². The number of benzene rings is 2. The van der Waals surface area contributed by atoms with Gasteiger partial charge in [0.1, 0.15) is 5.75 Å². The minimum absolute atomic E-state index is 0.109. The molecule has 2 aromatic carbocycles. The summed E-state index contributed by atoms with van der Waals surface area (Å²) in [6, 6.07) is 17.1. The number of anilines is 1. The number of rotatable bonds is 6. The van der Waals surface area contributed by atoms with Gasteiger partial charge in [-0.2, -0.15) is 0 Å². The first-order valence-corrected chi connectivity index (χ1v) is 9.89. The van der Waals surface area contributed by atoms with E-state index in [4.69, 9.17) is 17.0 Å². The number of para-hydroxylation sites is 2. The van der Waals surface area contributed by atoms with Crippen LogP contribution in [0.2, 0.25) is 0 Å². The number of thiocarbonyl (C=S) groups is 1. The van der Waals surface area contributed by atoms with E-state index in [0.29, 0.717) is 36.2 Å². The molecule has 7 nitrogen and oxygen atoms in total. The minimum atomic E-state index is -0.471. The van der Waals surface area contributed by atoms with Gasteiger partial charge >= 0.3 is 0 Å². The van der Waals surface area contributed by atoms with Gasteiger partial charge in [0.25, 0.3) is 0 Å². The summed E-state index contributed by atoms with van der Waals surface area (Å²) in [4.78, 5) is 26.6. The third kappa shape index (κ3) is 5.45. The van der Waals surface area contributed by atoms with Gasteiger partial charge in [-0.25, -0.2) is 0 Å². The van der Waals surface area contributed by atoms with Crippen molar-refractivity contribution in [2.24, 2.45) is 5.92 Å². The summed E-state index contributed by atoms with van der Waals surface area (Å²) in [7, 11) is 0. The number of carbonyl (C=O) groups excluding carboxylic acids is 2. The molecule has 3 N–H and O–H groups in total. The second-order valence-corrected chi connectivity index (χ2v) is 7.00. The fourth-order valence-electron chi connectivity index (χ4n) is 3.12. The standard InChI is InChI=1S/C21H24N4O3S/c1-2-28-18-11-7-6-10-17(18)25-14-16(12-19(25)26)20(27)23-24-21(29)22-13-15-8-4-3-5-9-15/h3-11,16H,2,12-14H2,1H3,(H,23,27)(H2,22,24,29)/t16-/m1/s1. The molecule has 152 valence electrons. The summed E-state index contributed by atoms with van der Waals surface area (Å²) in [5, 5.41) is 3.33. The van der Waals surface area contributed by atoms with E-state index in [9.17, 15) is 9.59 Å². The number of carbonyl (C=O) groups is 2. The summed E-state index contributed by atoms with van der Waals surface area (Å²) in [6.07, 6.45) is 0.137. The van der Waals surface area contributed by atoms with Crippen LogP contribution in [-0.4, -0.2) is 30.1 Å². The third-order valence-electron chi connectivity index (χ3n) is 4.55. The molecule has 1 fully saturated rings. The molecule has 0 aliphatic carbocycles. The third-order valence-corrected chi connectivity index (χ3v) is 4.79. The molecule has 1 atom stereocenters. The lowest BCUT2D eigenvalue weighted by Gasteiger charge is -2.20. The zero-order valence-electron chi connectivity index (χ0n) is 16.2. The Kier molecular flexibility index (Phi) is 7.02. The largest absolute Gasteiger partial charge is 0.492 e. The van der Waals surface area contributed by atoms with Crippen molar-refractivity contribution in [3.63, 3.8) is 0 Å². The molecule has 2 aromatic rings. The van der Waals surface area contributed by atoms with E-state index in [1.54, 1.807) is 4.90 Å². The SMILES string of the molecule is CCOc1ccccc1N1C[C@H](C(=O)NNC(=S)NCc2ccccc2)CC1=O. The molecule has 0 unspecified atom stereocenters. The van der Waals surface area contributed by atoms with Crippen molar-refractivity contribution in [3.05, 3.63) is 60.2 Å². The van der Waals surface area contributed by atoms with E-state index in [2.05, 4.69) is 16.2 Å². The number of hydrogen-bond donors (Lipinski definition) is 3. The summed E-state index contributed by atoms with van der Waals surface area (Å²) in [5.74, 6) is -0.226. The van der Waals surface area contributed by atoms with E-state index in [0.717, 1.165) is 5.56 Å². The predicted octanol–water partition coefficient (Wildman–Crippen LogP) is 2.13. The molecule has 0 bridgehead atoms. The van der Waals surface area contributed by atoms with Gasteiger partial charge in [-0.3, -0.25) is 20.4 Å². The molecule has 1 heterocycles. The lowest BCUT2D eigenvalue weighted by atomic mass is 10.1. The molecule has 29 heavy (non-hydrogen) atoms. The second kappa shape index (κ2) is 9.88. The van der Waals surface area contributed by atoms with Gasteiger partial charge in [-0.05, 0) is 36.8 Å². The summed E-state index contributed by atoms with van der Waals surface area (Å²) in [5.41, 5.74) is 7.05. The highest BCUT2D eigenvalue weighted by Gasteiger charge is 2.36. The number of hydrogen-bond acceptors (Lipinski definition) is 4. The van der Waals surface area contributed by atoms with Crippen LogP contribution in [0, 0.1) is 5.92 Å². The quantitative estimate of drug-likeness (QED) is 0.498. The number of nitrogens with zero attached hydrogens (tertiary/aromatic N) is 1. The van der Waals surface area contributed by atoms with Crippen LogP contribution in [0.4, 0.5) is 5.69 Å². The summed E-state index contributed by atoms with van der Waals surface area (Å²) < 4.78 is 5.60. The van der Waals surface area contributed by atoms with Crippen molar-refractivity contribution in [1.29, 1.82) is 0 Å². The van der Waals surface area contributed by atoms with Gasteiger partial charge in [-0.15, -0.1) is 0 Å². The Morgan fingerprint density at radius 2 is 1.86 bits per heavy atom. The van der Waals surface area contributed by atoms with Gasteiger partial charge in [0, 0.05) is 19.5 Å². The highest BCUT2D eigenvalue weighted by molar-refractivity contribution is 7.80. The monoisotopic (exact) mass is 412 g/mol. The van der Waals surface area contributed by atoms with Crippen molar-refractivity contribution in [2.45, 2.75) is 19.9 Å². The van der Waals surface area contributed by atoms with Crippen molar-refractivity contribution in [1.82, 2.24) is 16.2 Å². The molecule has 3 rings (SSSR count). The molecule has 0 spiro atoms. The van der Waals surface area contributed by atoms with Gasteiger partial charge in [0.05, 0.1) is 18.2 Å². The highest BCUT2D eigenvalue weighted by Crippen LogP contribution is 2.33. The number of hydrazine groups is 1. The Labute approximate surface area is 175 Å². The number of ether oxygens (including phenoxy) is 1. The van der Waals surface area contributed by atoms with Crippen LogP contribution in [-0.2, 0) is 16.1 Å². The Hall–Kier alpha value is -3.13. The van der Waals surface area contributed by atoms with E-state index in [1.165, 1.54) is 0 Å². The first-order valence-electron chi connectivity index (χ1n) is 9.48. The molecule has 8 heteroatoms. The molecule has 0 aromatic heterocycles. The first-order chi connectivity index (χ1) is 14.1. The smallest absolute Gasteiger partial charge is 0.243 e. The number of amides is 2. The molecule has 2 amide bonds. The zero-order chi connectivity index (χ0) is 20.6. The summed E-state index contributed by atoms with van der Waals surface area (Å²) in [6.45, 7) is 3.23.